The second kappa shape index (κ2) is 7.80. The van der Waals surface area contributed by atoms with E-state index >= 15 is 0 Å². The Labute approximate surface area is 124 Å². The Morgan fingerprint density at radius 3 is 2.14 bits per heavy atom. The standard InChI is InChI=1S/C16H23F3N2/c17-16(18,19)15-7-5-14(6-8-15)13-20-9-12-21-10-3-1-2-4-11-21/h5-8,20H,1-4,9-13H2. The van der Waals surface area contributed by atoms with Gasteiger partial charge >= 0.3 is 6.18 Å². The summed E-state index contributed by atoms with van der Waals surface area (Å²) in [6, 6.07) is 5.38. The number of likely N-dealkylation sites (tertiary alicyclic amines) is 1. The third-order valence-corrected chi connectivity index (χ3v) is 3.91. The molecule has 1 saturated heterocycles. The molecule has 1 aliphatic rings. The van der Waals surface area contributed by atoms with Gasteiger partial charge in [-0.1, -0.05) is 25.0 Å². The maximum absolute atomic E-state index is 12.4. The summed E-state index contributed by atoms with van der Waals surface area (Å²) in [5, 5.41) is 3.30. The average Bonchev–Trinajstić information content (AvgIpc) is 2.72. The maximum Gasteiger partial charge on any atom is 0.416 e. The summed E-state index contributed by atoms with van der Waals surface area (Å²) in [6.45, 7) is 4.84. The Morgan fingerprint density at radius 1 is 0.952 bits per heavy atom. The molecule has 21 heavy (non-hydrogen) atoms. The number of halogens is 3. The van der Waals surface area contributed by atoms with Crippen LogP contribution in [0.15, 0.2) is 24.3 Å². The lowest BCUT2D eigenvalue weighted by Crippen LogP contribution is -2.32. The molecule has 0 aromatic heterocycles. The lowest BCUT2D eigenvalue weighted by Gasteiger charge is -2.19. The predicted molar refractivity (Wildman–Crippen MR) is 78.1 cm³/mol. The van der Waals surface area contributed by atoms with Crippen molar-refractivity contribution in [2.75, 3.05) is 26.2 Å². The lowest BCUT2D eigenvalue weighted by molar-refractivity contribution is -0.137. The van der Waals surface area contributed by atoms with Gasteiger partial charge in [-0.15, -0.1) is 0 Å². The van der Waals surface area contributed by atoms with Gasteiger partial charge in [0.1, 0.15) is 0 Å². The molecule has 0 unspecified atom stereocenters. The van der Waals surface area contributed by atoms with Gasteiger partial charge in [0.25, 0.3) is 0 Å². The normalized spacial score (nSPS) is 17.7. The molecule has 1 aliphatic heterocycles. The van der Waals surface area contributed by atoms with Crippen molar-refractivity contribution in [3.8, 4) is 0 Å². The van der Waals surface area contributed by atoms with Crippen LogP contribution in [0.5, 0.6) is 0 Å². The van der Waals surface area contributed by atoms with E-state index in [4.69, 9.17) is 0 Å². The molecule has 0 spiro atoms. The third kappa shape index (κ3) is 5.67. The van der Waals surface area contributed by atoms with Crippen LogP contribution in [0.2, 0.25) is 0 Å². The molecule has 0 atom stereocenters. The first kappa shape index (κ1) is 16.3. The highest BCUT2D eigenvalue weighted by Crippen LogP contribution is 2.28. The number of nitrogens with zero attached hydrogens (tertiary/aromatic N) is 1. The summed E-state index contributed by atoms with van der Waals surface area (Å²) in [6.07, 6.45) is 0.960. The summed E-state index contributed by atoms with van der Waals surface area (Å²) >= 11 is 0. The van der Waals surface area contributed by atoms with Crippen LogP contribution in [0.4, 0.5) is 13.2 Å². The topological polar surface area (TPSA) is 15.3 Å². The molecule has 0 saturated carbocycles. The quantitative estimate of drug-likeness (QED) is 0.835. The minimum Gasteiger partial charge on any atom is -0.311 e. The molecule has 1 heterocycles. The highest BCUT2D eigenvalue weighted by molar-refractivity contribution is 5.24. The maximum atomic E-state index is 12.4. The van der Waals surface area contributed by atoms with Crippen molar-refractivity contribution < 1.29 is 13.2 Å². The Morgan fingerprint density at radius 2 is 1.57 bits per heavy atom. The Bertz CT molecular complexity index is 407. The molecule has 1 N–H and O–H groups in total. The third-order valence-electron chi connectivity index (χ3n) is 3.91. The number of rotatable bonds is 5. The molecule has 1 aromatic rings. The minimum atomic E-state index is -4.25. The first-order valence-corrected chi connectivity index (χ1v) is 7.65. The van der Waals surface area contributed by atoms with Crippen molar-refractivity contribution in [3.63, 3.8) is 0 Å². The number of nitrogens with one attached hydrogen (secondary N) is 1. The van der Waals surface area contributed by atoms with Crippen LogP contribution in [-0.2, 0) is 12.7 Å². The van der Waals surface area contributed by atoms with Gasteiger partial charge in [0.2, 0.25) is 0 Å². The summed E-state index contributed by atoms with van der Waals surface area (Å²) in [5.41, 5.74) is 0.301. The minimum absolute atomic E-state index is 0.587. The van der Waals surface area contributed by atoms with E-state index in [0.717, 1.165) is 30.8 Å². The summed E-state index contributed by atoms with van der Waals surface area (Å²) < 4.78 is 37.3. The fourth-order valence-corrected chi connectivity index (χ4v) is 2.64. The van der Waals surface area contributed by atoms with Crippen molar-refractivity contribution in [2.24, 2.45) is 0 Å². The van der Waals surface area contributed by atoms with Crippen LogP contribution >= 0.6 is 0 Å². The zero-order valence-electron chi connectivity index (χ0n) is 12.3. The van der Waals surface area contributed by atoms with E-state index in [0.29, 0.717) is 6.54 Å². The van der Waals surface area contributed by atoms with E-state index in [1.54, 1.807) is 12.1 Å². The molecule has 1 aromatic carbocycles. The van der Waals surface area contributed by atoms with Crippen LogP contribution in [0.25, 0.3) is 0 Å². The van der Waals surface area contributed by atoms with E-state index in [1.165, 1.54) is 38.8 Å². The molecule has 0 amide bonds. The number of hydrogen-bond donors (Lipinski definition) is 1. The Hall–Kier alpha value is -1.07. The van der Waals surface area contributed by atoms with Gasteiger partial charge in [0, 0.05) is 19.6 Å². The van der Waals surface area contributed by atoms with Crippen LogP contribution in [0, 0.1) is 0 Å². The number of alkyl halides is 3. The van der Waals surface area contributed by atoms with Crippen molar-refractivity contribution in [3.05, 3.63) is 35.4 Å². The van der Waals surface area contributed by atoms with Crippen LogP contribution < -0.4 is 5.32 Å². The average molecular weight is 300 g/mol. The second-order valence-corrected chi connectivity index (χ2v) is 5.63. The van der Waals surface area contributed by atoms with Gasteiger partial charge in [-0.2, -0.15) is 13.2 Å². The fourth-order valence-electron chi connectivity index (χ4n) is 2.64. The molecule has 5 heteroatoms. The Kier molecular flexibility index (Phi) is 6.06. The fraction of sp³-hybridized carbons (Fsp3) is 0.625. The molecule has 2 rings (SSSR count). The second-order valence-electron chi connectivity index (χ2n) is 5.63. The molecule has 0 aliphatic carbocycles. The van der Waals surface area contributed by atoms with Crippen LogP contribution in [0.1, 0.15) is 36.8 Å². The van der Waals surface area contributed by atoms with E-state index < -0.39 is 11.7 Å². The molecule has 0 radical (unpaired) electrons. The smallest absolute Gasteiger partial charge is 0.311 e. The molecule has 118 valence electrons. The largest absolute Gasteiger partial charge is 0.416 e. The van der Waals surface area contributed by atoms with Gasteiger partial charge in [0.15, 0.2) is 0 Å². The number of benzene rings is 1. The zero-order chi connectivity index (χ0) is 15.1. The first-order valence-electron chi connectivity index (χ1n) is 7.65. The SMILES string of the molecule is FC(F)(F)c1ccc(CNCCN2CCCCCC2)cc1. The van der Waals surface area contributed by atoms with Crippen molar-refractivity contribution in [2.45, 2.75) is 38.4 Å². The number of hydrogen-bond acceptors (Lipinski definition) is 2. The van der Waals surface area contributed by atoms with Gasteiger partial charge in [-0.3, -0.25) is 0 Å². The summed E-state index contributed by atoms with van der Waals surface area (Å²) in [4.78, 5) is 2.47. The van der Waals surface area contributed by atoms with Crippen molar-refractivity contribution >= 4 is 0 Å². The zero-order valence-corrected chi connectivity index (χ0v) is 12.3. The monoisotopic (exact) mass is 300 g/mol. The van der Waals surface area contributed by atoms with Gasteiger partial charge < -0.3 is 10.2 Å². The molecule has 2 nitrogen and oxygen atoms in total. The van der Waals surface area contributed by atoms with Crippen LogP contribution in [-0.4, -0.2) is 31.1 Å². The van der Waals surface area contributed by atoms with Gasteiger partial charge in [-0.05, 0) is 43.6 Å². The molecule has 0 bridgehead atoms. The highest BCUT2D eigenvalue weighted by Gasteiger charge is 2.29. The summed E-state index contributed by atoms with van der Waals surface area (Å²) in [5.74, 6) is 0. The van der Waals surface area contributed by atoms with Crippen molar-refractivity contribution in [1.82, 2.24) is 10.2 Å². The van der Waals surface area contributed by atoms with E-state index in [9.17, 15) is 13.2 Å². The lowest BCUT2D eigenvalue weighted by atomic mass is 10.1. The molecular weight excluding hydrogens is 277 g/mol. The van der Waals surface area contributed by atoms with Gasteiger partial charge in [0.05, 0.1) is 5.56 Å². The molecule has 1 fully saturated rings. The predicted octanol–water partition coefficient (Wildman–Crippen LogP) is 3.67. The van der Waals surface area contributed by atoms with Crippen molar-refractivity contribution in [1.29, 1.82) is 0 Å². The Balaban J connectivity index is 1.68. The van der Waals surface area contributed by atoms with Crippen LogP contribution in [0.3, 0.4) is 0 Å². The molecular formula is C16H23F3N2. The first-order chi connectivity index (χ1) is 10.1. The van der Waals surface area contributed by atoms with Gasteiger partial charge in [-0.25, -0.2) is 0 Å². The highest BCUT2D eigenvalue weighted by atomic mass is 19.4. The van der Waals surface area contributed by atoms with E-state index in [-0.39, 0.29) is 0 Å². The van der Waals surface area contributed by atoms with E-state index in [1.807, 2.05) is 0 Å². The summed E-state index contributed by atoms with van der Waals surface area (Å²) in [7, 11) is 0. The van der Waals surface area contributed by atoms with E-state index in [2.05, 4.69) is 10.2 Å².